The fraction of sp³-hybridized carbons (Fsp3) is 0.0714. The van der Waals surface area contributed by atoms with Gasteiger partial charge in [-0.3, -0.25) is 9.59 Å². The molecule has 0 aliphatic rings. The van der Waals surface area contributed by atoms with Crippen molar-refractivity contribution in [3.05, 3.63) is 144 Å². The van der Waals surface area contributed by atoms with Gasteiger partial charge in [0.05, 0.1) is 11.8 Å². The fourth-order valence-electron chi connectivity index (χ4n) is 3.62. The standard InChI is InChI=1S/2C14H13NO/c2*15-14(16)13(11-7-3-1-4-8-11)12-9-5-2-6-10-12/h2*1-10,13H,(H2,15,16). The highest BCUT2D eigenvalue weighted by molar-refractivity contribution is 5.86. The molecule has 0 bridgehead atoms. The van der Waals surface area contributed by atoms with E-state index >= 15 is 0 Å². The van der Waals surface area contributed by atoms with Crippen LogP contribution in [0.25, 0.3) is 0 Å². The number of carbonyl (C=O) groups excluding carboxylic acids is 2. The summed E-state index contributed by atoms with van der Waals surface area (Å²) in [5.41, 5.74) is 14.7. The molecule has 0 heterocycles. The second-order valence-corrected chi connectivity index (χ2v) is 7.31. The number of amides is 2. The zero-order valence-corrected chi connectivity index (χ0v) is 17.7. The third-order valence-corrected chi connectivity index (χ3v) is 5.10. The first-order valence-electron chi connectivity index (χ1n) is 10.4. The molecule has 4 heteroatoms. The van der Waals surface area contributed by atoms with Gasteiger partial charge in [-0.1, -0.05) is 121 Å². The number of benzene rings is 4. The average molecular weight is 423 g/mol. The van der Waals surface area contributed by atoms with E-state index in [2.05, 4.69) is 0 Å². The van der Waals surface area contributed by atoms with Crippen molar-refractivity contribution in [1.82, 2.24) is 0 Å². The predicted octanol–water partition coefficient (Wildman–Crippen LogP) is 4.61. The van der Waals surface area contributed by atoms with Crippen molar-refractivity contribution in [3.8, 4) is 0 Å². The van der Waals surface area contributed by atoms with Crippen molar-refractivity contribution in [2.75, 3.05) is 0 Å². The number of hydrogen-bond acceptors (Lipinski definition) is 2. The van der Waals surface area contributed by atoms with E-state index in [1.165, 1.54) is 0 Å². The molecule has 160 valence electrons. The van der Waals surface area contributed by atoms with Gasteiger partial charge < -0.3 is 11.5 Å². The van der Waals surface area contributed by atoms with Crippen molar-refractivity contribution in [3.63, 3.8) is 0 Å². The third kappa shape index (κ3) is 5.92. The highest BCUT2D eigenvalue weighted by Crippen LogP contribution is 2.24. The van der Waals surface area contributed by atoms with Crippen LogP contribution in [0.5, 0.6) is 0 Å². The Hall–Kier alpha value is -4.18. The van der Waals surface area contributed by atoms with Crippen LogP contribution in [0.2, 0.25) is 0 Å². The lowest BCUT2D eigenvalue weighted by Gasteiger charge is -2.13. The van der Waals surface area contributed by atoms with E-state index in [0.29, 0.717) is 0 Å². The van der Waals surface area contributed by atoms with Gasteiger partial charge in [-0.25, -0.2) is 0 Å². The molecule has 4 nitrogen and oxygen atoms in total. The second-order valence-electron chi connectivity index (χ2n) is 7.31. The minimum atomic E-state index is -0.359. The number of nitrogens with two attached hydrogens (primary N) is 2. The van der Waals surface area contributed by atoms with E-state index in [4.69, 9.17) is 11.5 Å². The van der Waals surface area contributed by atoms with Crippen LogP contribution < -0.4 is 11.5 Å². The molecule has 0 atom stereocenters. The summed E-state index contributed by atoms with van der Waals surface area (Å²) in [5.74, 6) is -1.36. The number of rotatable bonds is 6. The van der Waals surface area contributed by atoms with Crippen molar-refractivity contribution in [1.29, 1.82) is 0 Å². The van der Waals surface area contributed by atoms with Crippen LogP contribution >= 0.6 is 0 Å². The predicted molar refractivity (Wildman–Crippen MR) is 128 cm³/mol. The molecular formula is C28H26N2O2. The van der Waals surface area contributed by atoms with E-state index in [1.807, 2.05) is 121 Å². The Morgan fingerprint density at radius 2 is 0.594 bits per heavy atom. The SMILES string of the molecule is NC(=O)C(c1ccccc1)c1ccccc1.NC(=O)C(c1ccccc1)c1ccccc1. The Morgan fingerprint density at radius 3 is 0.750 bits per heavy atom. The van der Waals surface area contributed by atoms with Crippen molar-refractivity contribution >= 4 is 11.8 Å². The van der Waals surface area contributed by atoms with Crippen molar-refractivity contribution < 1.29 is 9.59 Å². The minimum Gasteiger partial charge on any atom is -0.369 e. The number of primary amides is 2. The zero-order chi connectivity index (χ0) is 22.8. The molecule has 0 saturated carbocycles. The summed E-state index contributed by atoms with van der Waals surface area (Å²) in [6.07, 6.45) is 0. The molecule has 0 aliphatic carbocycles. The van der Waals surface area contributed by atoms with Crippen LogP contribution in [0, 0.1) is 0 Å². The maximum Gasteiger partial charge on any atom is 0.229 e. The Bertz CT molecular complexity index is 943. The Balaban J connectivity index is 0.000000181. The normalized spacial score (nSPS) is 10.3. The molecule has 0 unspecified atom stereocenters. The van der Waals surface area contributed by atoms with Gasteiger partial charge in [-0.15, -0.1) is 0 Å². The maximum atomic E-state index is 11.5. The molecule has 0 aromatic heterocycles. The highest BCUT2D eigenvalue weighted by Gasteiger charge is 2.20. The molecule has 0 radical (unpaired) electrons. The third-order valence-electron chi connectivity index (χ3n) is 5.10. The van der Waals surface area contributed by atoms with Gasteiger partial charge in [0, 0.05) is 0 Å². The molecule has 0 fully saturated rings. The molecule has 4 aromatic rings. The Labute approximate surface area is 188 Å². The molecule has 0 saturated heterocycles. The van der Waals surface area contributed by atoms with Crippen molar-refractivity contribution in [2.24, 2.45) is 11.5 Å². The van der Waals surface area contributed by atoms with Gasteiger partial charge in [0.1, 0.15) is 0 Å². The van der Waals surface area contributed by atoms with Crippen LogP contribution in [0.4, 0.5) is 0 Å². The lowest BCUT2D eigenvalue weighted by atomic mass is 9.91. The van der Waals surface area contributed by atoms with Crippen LogP contribution in [-0.2, 0) is 9.59 Å². The minimum absolute atomic E-state index is 0.322. The Morgan fingerprint density at radius 1 is 0.406 bits per heavy atom. The summed E-state index contributed by atoms with van der Waals surface area (Å²) in [4.78, 5) is 23.0. The van der Waals surface area contributed by atoms with Gasteiger partial charge in [-0.05, 0) is 22.3 Å². The summed E-state index contributed by atoms with van der Waals surface area (Å²) in [5, 5.41) is 0. The van der Waals surface area contributed by atoms with Gasteiger partial charge in [0.2, 0.25) is 11.8 Å². The molecule has 0 aliphatic heterocycles. The van der Waals surface area contributed by atoms with Gasteiger partial charge >= 0.3 is 0 Å². The summed E-state index contributed by atoms with van der Waals surface area (Å²) in [7, 11) is 0. The number of hydrogen-bond donors (Lipinski definition) is 2. The summed E-state index contributed by atoms with van der Waals surface area (Å²) in [6.45, 7) is 0. The number of carbonyl (C=O) groups is 2. The summed E-state index contributed by atoms with van der Waals surface area (Å²) < 4.78 is 0. The van der Waals surface area contributed by atoms with Crippen LogP contribution in [0.3, 0.4) is 0 Å². The first kappa shape index (κ1) is 22.5. The van der Waals surface area contributed by atoms with Gasteiger partial charge in [0.25, 0.3) is 0 Å². The van der Waals surface area contributed by atoms with Crippen LogP contribution in [0.1, 0.15) is 34.1 Å². The van der Waals surface area contributed by atoms with E-state index in [1.54, 1.807) is 0 Å². The molecule has 2 amide bonds. The highest BCUT2D eigenvalue weighted by atomic mass is 16.1. The first-order valence-corrected chi connectivity index (χ1v) is 10.4. The average Bonchev–Trinajstić information content (AvgIpc) is 2.82. The molecule has 4 N–H and O–H groups in total. The van der Waals surface area contributed by atoms with E-state index in [9.17, 15) is 9.59 Å². The smallest absolute Gasteiger partial charge is 0.229 e. The van der Waals surface area contributed by atoms with E-state index < -0.39 is 0 Å². The van der Waals surface area contributed by atoms with Gasteiger partial charge in [0.15, 0.2) is 0 Å². The van der Waals surface area contributed by atoms with E-state index in [0.717, 1.165) is 22.3 Å². The second kappa shape index (κ2) is 11.3. The zero-order valence-electron chi connectivity index (χ0n) is 17.7. The largest absolute Gasteiger partial charge is 0.369 e. The summed E-state index contributed by atoms with van der Waals surface area (Å²) in [6, 6.07) is 38.3. The lowest BCUT2D eigenvalue weighted by Crippen LogP contribution is -2.22. The molecule has 0 spiro atoms. The maximum absolute atomic E-state index is 11.5. The van der Waals surface area contributed by atoms with Gasteiger partial charge in [-0.2, -0.15) is 0 Å². The monoisotopic (exact) mass is 422 g/mol. The molecular weight excluding hydrogens is 396 g/mol. The topological polar surface area (TPSA) is 86.2 Å². The van der Waals surface area contributed by atoms with Crippen LogP contribution in [0.15, 0.2) is 121 Å². The Kier molecular flexibility index (Phi) is 7.93. The summed E-state index contributed by atoms with van der Waals surface area (Å²) >= 11 is 0. The fourth-order valence-corrected chi connectivity index (χ4v) is 3.62. The van der Waals surface area contributed by atoms with E-state index in [-0.39, 0.29) is 23.7 Å². The van der Waals surface area contributed by atoms with Crippen LogP contribution in [-0.4, -0.2) is 11.8 Å². The quantitative estimate of drug-likeness (QED) is 0.475. The molecule has 4 rings (SSSR count). The molecule has 32 heavy (non-hydrogen) atoms. The molecule has 4 aromatic carbocycles. The first-order chi connectivity index (χ1) is 15.6. The van der Waals surface area contributed by atoms with Crippen molar-refractivity contribution in [2.45, 2.75) is 11.8 Å². The lowest BCUT2D eigenvalue weighted by molar-refractivity contribution is -0.119.